The van der Waals surface area contributed by atoms with E-state index in [9.17, 15) is 4.79 Å². The van der Waals surface area contributed by atoms with Crippen molar-refractivity contribution >= 4 is 5.91 Å². The van der Waals surface area contributed by atoms with Gasteiger partial charge in [-0.25, -0.2) is 4.68 Å². The molecule has 2 aromatic rings. The Labute approximate surface area is 174 Å². The maximum atomic E-state index is 12.7. The minimum Gasteiger partial charge on any atom is -0.385 e. The number of ether oxygens (including phenoxy) is 1. The number of carbonyl (C=O) groups is 1. The Kier molecular flexibility index (Phi) is 6.42. The summed E-state index contributed by atoms with van der Waals surface area (Å²) in [6.45, 7) is 9.67. The number of rotatable bonds is 9. The van der Waals surface area contributed by atoms with Gasteiger partial charge in [0.1, 0.15) is 0 Å². The van der Waals surface area contributed by atoms with Gasteiger partial charge < -0.3 is 10.1 Å². The number of nitrogens with zero attached hydrogens (tertiary/aromatic N) is 3. The van der Waals surface area contributed by atoms with Gasteiger partial charge in [-0.05, 0) is 60.8 Å². The monoisotopic (exact) mass is 398 g/mol. The highest BCUT2D eigenvalue weighted by Gasteiger charge is 2.53. The molecule has 0 unspecified atom stereocenters. The Morgan fingerprint density at radius 1 is 1.14 bits per heavy atom. The lowest BCUT2D eigenvalue weighted by molar-refractivity contribution is -0.0366. The summed E-state index contributed by atoms with van der Waals surface area (Å²) in [6.07, 6.45) is 7.27. The van der Waals surface area contributed by atoms with E-state index in [4.69, 9.17) is 4.74 Å². The van der Waals surface area contributed by atoms with Crippen LogP contribution in [0.15, 0.2) is 30.5 Å². The molecule has 0 atom stereocenters. The number of carbonyl (C=O) groups excluding carboxylic acids is 1. The van der Waals surface area contributed by atoms with Crippen LogP contribution in [-0.2, 0) is 11.2 Å². The summed E-state index contributed by atoms with van der Waals surface area (Å²) >= 11 is 0. The van der Waals surface area contributed by atoms with Gasteiger partial charge in [0.05, 0.1) is 17.6 Å². The molecule has 1 aliphatic rings. The highest BCUT2D eigenvalue weighted by Crippen LogP contribution is 2.53. The Morgan fingerprint density at radius 2 is 1.83 bits per heavy atom. The first-order valence-electron chi connectivity index (χ1n) is 10.5. The van der Waals surface area contributed by atoms with Crippen LogP contribution >= 0.6 is 0 Å². The van der Waals surface area contributed by atoms with Gasteiger partial charge in [-0.1, -0.05) is 39.3 Å². The van der Waals surface area contributed by atoms with Crippen molar-refractivity contribution in [3.8, 4) is 5.69 Å². The van der Waals surface area contributed by atoms with Gasteiger partial charge in [-0.3, -0.25) is 4.79 Å². The predicted octanol–water partition coefficient (Wildman–Crippen LogP) is 4.18. The van der Waals surface area contributed by atoms with E-state index in [1.165, 1.54) is 0 Å². The second kappa shape index (κ2) is 8.66. The van der Waals surface area contributed by atoms with Crippen LogP contribution in [0.4, 0.5) is 0 Å². The lowest BCUT2D eigenvalue weighted by Gasteiger charge is -2.57. The van der Waals surface area contributed by atoms with Crippen LogP contribution < -0.4 is 5.32 Å². The molecule has 0 radical (unpaired) electrons. The fourth-order valence-electron chi connectivity index (χ4n) is 4.94. The van der Waals surface area contributed by atoms with E-state index in [0.29, 0.717) is 5.56 Å². The molecular weight excluding hydrogens is 364 g/mol. The van der Waals surface area contributed by atoms with Crippen LogP contribution in [0.2, 0.25) is 0 Å². The van der Waals surface area contributed by atoms with Gasteiger partial charge in [0.2, 0.25) is 0 Å². The predicted molar refractivity (Wildman–Crippen MR) is 114 cm³/mol. The average Bonchev–Trinajstić information content (AvgIpc) is 3.14. The van der Waals surface area contributed by atoms with E-state index in [0.717, 1.165) is 50.1 Å². The summed E-state index contributed by atoms with van der Waals surface area (Å²) in [5.74, 6) is -0.0160. The van der Waals surface area contributed by atoms with Crippen molar-refractivity contribution in [2.45, 2.75) is 65.8 Å². The molecule has 1 saturated carbocycles. The number of aromatic nitrogens is 3. The molecule has 1 amide bonds. The summed E-state index contributed by atoms with van der Waals surface area (Å²) in [6, 6.07) is 7.74. The highest BCUT2D eigenvalue weighted by molar-refractivity contribution is 5.94. The van der Waals surface area contributed by atoms with E-state index < -0.39 is 0 Å². The SMILES string of the molecule is COCCCCCc1cn(-c2ccc(C(=O)NC3C(C)(C)CC3(C)C)cc2)nn1. The molecule has 0 saturated heterocycles. The minimum atomic E-state index is -0.0160. The Hall–Kier alpha value is -2.21. The quantitative estimate of drug-likeness (QED) is 0.643. The molecule has 3 rings (SSSR count). The molecule has 158 valence electrons. The van der Waals surface area contributed by atoms with Gasteiger partial charge in [0.15, 0.2) is 0 Å². The second-order valence-electron chi connectivity index (χ2n) is 9.57. The summed E-state index contributed by atoms with van der Waals surface area (Å²) in [7, 11) is 1.73. The zero-order valence-electron chi connectivity index (χ0n) is 18.4. The van der Waals surface area contributed by atoms with Crippen molar-refractivity contribution in [2.75, 3.05) is 13.7 Å². The van der Waals surface area contributed by atoms with Gasteiger partial charge in [0, 0.05) is 25.3 Å². The zero-order valence-corrected chi connectivity index (χ0v) is 18.4. The molecule has 1 aromatic heterocycles. The third kappa shape index (κ3) is 5.04. The molecule has 0 aliphatic heterocycles. The lowest BCUT2D eigenvalue weighted by atomic mass is 9.52. The molecular formula is C23H34N4O2. The topological polar surface area (TPSA) is 69.0 Å². The summed E-state index contributed by atoms with van der Waals surface area (Å²) < 4.78 is 6.84. The van der Waals surface area contributed by atoms with Crippen molar-refractivity contribution in [1.29, 1.82) is 0 Å². The molecule has 1 fully saturated rings. The average molecular weight is 399 g/mol. The molecule has 0 bridgehead atoms. The van der Waals surface area contributed by atoms with Crippen LogP contribution in [0.5, 0.6) is 0 Å². The summed E-state index contributed by atoms with van der Waals surface area (Å²) in [5, 5.41) is 11.7. The lowest BCUT2D eigenvalue weighted by Crippen LogP contribution is -2.63. The third-order valence-electron chi connectivity index (χ3n) is 5.97. The van der Waals surface area contributed by atoms with Gasteiger partial charge >= 0.3 is 0 Å². The maximum absolute atomic E-state index is 12.7. The summed E-state index contributed by atoms with van der Waals surface area (Å²) in [4.78, 5) is 12.7. The molecule has 29 heavy (non-hydrogen) atoms. The van der Waals surface area contributed by atoms with Gasteiger partial charge in [0.25, 0.3) is 5.91 Å². The van der Waals surface area contributed by atoms with Crippen molar-refractivity contribution in [2.24, 2.45) is 10.8 Å². The fraction of sp³-hybridized carbons (Fsp3) is 0.609. The Bertz CT molecular complexity index is 810. The van der Waals surface area contributed by atoms with Gasteiger partial charge in [-0.15, -0.1) is 5.10 Å². The number of hydrogen-bond acceptors (Lipinski definition) is 4. The van der Waals surface area contributed by atoms with Crippen LogP contribution in [-0.4, -0.2) is 40.7 Å². The zero-order chi connectivity index (χ0) is 21.1. The van der Waals surface area contributed by atoms with Crippen molar-refractivity contribution in [1.82, 2.24) is 20.3 Å². The van der Waals surface area contributed by atoms with E-state index in [2.05, 4.69) is 43.3 Å². The van der Waals surface area contributed by atoms with Crippen LogP contribution in [0.3, 0.4) is 0 Å². The number of hydrogen-bond donors (Lipinski definition) is 1. The summed E-state index contributed by atoms with van der Waals surface area (Å²) in [5.41, 5.74) is 2.84. The molecule has 1 heterocycles. The van der Waals surface area contributed by atoms with E-state index in [-0.39, 0.29) is 22.8 Å². The molecule has 1 N–H and O–H groups in total. The number of nitrogens with one attached hydrogen (secondary N) is 1. The number of benzene rings is 1. The van der Waals surface area contributed by atoms with Crippen LogP contribution in [0.1, 0.15) is 69.4 Å². The number of methoxy groups -OCH3 is 1. The smallest absolute Gasteiger partial charge is 0.251 e. The minimum absolute atomic E-state index is 0.0160. The Balaban J connectivity index is 1.57. The van der Waals surface area contributed by atoms with Gasteiger partial charge in [-0.2, -0.15) is 0 Å². The first-order valence-corrected chi connectivity index (χ1v) is 10.5. The van der Waals surface area contributed by atoms with E-state index in [1.807, 2.05) is 30.5 Å². The fourth-order valence-corrected chi connectivity index (χ4v) is 4.94. The third-order valence-corrected chi connectivity index (χ3v) is 5.97. The first-order chi connectivity index (χ1) is 13.7. The van der Waals surface area contributed by atoms with Crippen LogP contribution in [0, 0.1) is 10.8 Å². The largest absolute Gasteiger partial charge is 0.385 e. The molecule has 0 spiro atoms. The van der Waals surface area contributed by atoms with Crippen LogP contribution in [0.25, 0.3) is 5.69 Å². The Morgan fingerprint density at radius 3 is 2.45 bits per heavy atom. The maximum Gasteiger partial charge on any atom is 0.251 e. The van der Waals surface area contributed by atoms with E-state index >= 15 is 0 Å². The normalized spacial score (nSPS) is 17.7. The van der Waals surface area contributed by atoms with E-state index in [1.54, 1.807) is 11.8 Å². The van der Waals surface area contributed by atoms with Crippen molar-refractivity contribution in [3.05, 3.63) is 41.7 Å². The molecule has 1 aliphatic carbocycles. The number of amides is 1. The van der Waals surface area contributed by atoms with Crippen molar-refractivity contribution < 1.29 is 9.53 Å². The highest BCUT2D eigenvalue weighted by atomic mass is 16.5. The van der Waals surface area contributed by atoms with Crippen molar-refractivity contribution in [3.63, 3.8) is 0 Å². The second-order valence-corrected chi connectivity index (χ2v) is 9.57. The molecule has 6 heteroatoms. The number of aryl methyl sites for hydroxylation is 1. The standard InChI is InChI=1S/C23H34N4O2/c1-22(2)16-23(3,4)21(22)24-20(28)17-10-12-19(13-11-17)27-15-18(25-26-27)9-7-6-8-14-29-5/h10-13,15,21H,6-9,14,16H2,1-5H3,(H,24,28). The first kappa shape index (κ1) is 21.5. The molecule has 6 nitrogen and oxygen atoms in total. The molecule has 1 aromatic carbocycles. The number of unbranched alkanes of at least 4 members (excludes halogenated alkanes) is 2.